The minimum absolute atomic E-state index is 0.0974. The topological polar surface area (TPSA) is 164 Å². The van der Waals surface area contributed by atoms with Gasteiger partial charge in [0.2, 0.25) is 11.8 Å². The number of benzene rings is 2. The summed E-state index contributed by atoms with van der Waals surface area (Å²) in [4.78, 5) is 42.3. The molecule has 274 valence electrons. The first kappa shape index (κ1) is 37.3. The Morgan fingerprint density at radius 2 is 1.10 bits per heavy atom. The molecule has 0 radical (unpaired) electrons. The van der Waals surface area contributed by atoms with Crippen molar-refractivity contribution in [1.82, 2.24) is 51.4 Å². The molecule has 4 heterocycles. The number of carbonyl (C=O) groups is 2. The molecule has 52 heavy (non-hydrogen) atoms. The maximum absolute atomic E-state index is 11.6. The SMILES string of the molecule is CNc1nc(-c2cccc(-c3cccc(-c4cnc(CNN(C)C[C@@H]5CCC(=O)N5)c(NC)n4)c3Cl)c2Cl)cnc1CNN(C)C[C@@H]1CCC(=O)N1. The van der Waals surface area contributed by atoms with Gasteiger partial charge in [-0.15, -0.1) is 0 Å². The first-order valence-electron chi connectivity index (χ1n) is 17.3. The zero-order valence-corrected chi connectivity index (χ0v) is 31.2. The van der Waals surface area contributed by atoms with Gasteiger partial charge in [-0.05, 0) is 12.8 Å². The van der Waals surface area contributed by atoms with E-state index in [9.17, 15) is 9.59 Å². The number of hydrogen-bond donors (Lipinski definition) is 6. The number of carbonyl (C=O) groups excluding carboxylic acids is 2. The van der Waals surface area contributed by atoms with Crippen LogP contribution in [0.15, 0.2) is 48.8 Å². The van der Waals surface area contributed by atoms with Gasteiger partial charge >= 0.3 is 0 Å². The Morgan fingerprint density at radius 3 is 1.46 bits per heavy atom. The molecule has 14 nitrogen and oxygen atoms in total. The fraction of sp³-hybridized carbons (Fsp3) is 0.389. The van der Waals surface area contributed by atoms with Gasteiger partial charge in [-0.2, -0.15) is 0 Å². The monoisotopic (exact) mass is 746 g/mol. The van der Waals surface area contributed by atoms with Crippen LogP contribution in [-0.4, -0.2) is 95.1 Å². The Morgan fingerprint density at radius 1 is 0.692 bits per heavy atom. The summed E-state index contributed by atoms with van der Waals surface area (Å²) >= 11 is 14.2. The van der Waals surface area contributed by atoms with Crippen LogP contribution in [0.5, 0.6) is 0 Å². The number of anilines is 2. The Bertz CT molecular complexity index is 1790. The lowest BCUT2D eigenvalue weighted by Crippen LogP contribution is -2.43. The van der Waals surface area contributed by atoms with Crippen LogP contribution in [0.25, 0.3) is 33.6 Å². The average Bonchev–Trinajstić information content (AvgIpc) is 3.76. The molecule has 0 unspecified atom stereocenters. The average molecular weight is 748 g/mol. The normalized spacial score (nSPS) is 17.2. The highest BCUT2D eigenvalue weighted by molar-refractivity contribution is 6.39. The summed E-state index contributed by atoms with van der Waals surface area (Å²) < 4.78 is 0. The van der Waals surface area contributed by atoms with Crippen molar-refractivity contribution >= 4 is 46.7 Å². The van der Waals surface area contributed by atoms with Crippen LogP contribution < -0.4 is 32.1 Å². The molecule has 0 aliphatic carbocycles. The van der Waals surface area contributed by atoms with Gasteiger partial charge in [0, 0.05) is 88.5 Å². The Balaban J connectivity index is 1.17. The van der Waals surface area contributed by atoms with Gasteiger partial charge in [0.25, 0.3) is 0 Å². The van der Waals surface area contributed by atoms with Crippen molar-refractivity contribution in [3.05, 3.63) is 70.2 Å². The van der Waals surface area contributed by atoms with Crippen molar-refractivity contribution in [2.45, 2.75) is 50.9 Å². The largest absolute Gasteiger partial charge is 0.372 e. The third-order valence-corrected chi connectivity index (χ3v) is 10.0. The van der Waals surface area contributed by atoms with Crippen LogP contribution in [0.4, 0.5) is 11.6 Å². The van der Waals surface area contributed by atoms with Crippen LogP contribution in [0.1, 0.15) is 37.1 Å². The fourth-order valence-electron chi connectivity index (χ4n) is 6.46. The van der Waals surface area contributed by atoms with E-state index in [1.807, 2.05) is 60.5 Å². The first-order chi connectivity index (χ1) is 25.1. The second kappa shape index (κ2) is 16.9. The number of hydrazine groups is 2. The highest BCUT2D eigenvalue weighted by Crippen LogP contribution is 2.42. The van der Waals surface area contributed by atoms with Gasteiger partial charge in [-0.25, -0.2) is 30.8 Å². The van der Waals surface area contributed by atoms with Crippen molar-refractivity contribution in [2.24, 2.45) is 0 Å². The molecule has 0 saturated carbocycles. The van der Waals surface area contributed by atoms with Gasteiger partial charge < -0.3 is 21.3 Å². The maximum atomic E-state index is 11.6. The zero-order valence-electron chi connectivity index (χ0n) is 29.7. The second-order valence-electron chi connectivity index (χ2n) is 13.0. The molecular weight excluding hydrogens is 703 g/mol. The van der Waals surface area contributed by atoms with Crippen molar-refractivity contribution in [1.29, 1.82) is 0 Å². The Labute approximate surface area is 313 Å². The summed E-state index contributed by atoms with van der Waals surface area (Å²) in [5.74, 6) is 1.45. The Kier molecular flexibility index (Phi) is 12.1. The summed E-state index contributed by atoms with van der Waals surface area (Å²) in [7, 11) is 7.50. The highest BCUT2D eigenvalue weighted by Gasteiger charge is 2.24. The molecule has 0 spiro atoms. The molecule has 6 rings (SSSR count). The van der Waals surface area contributed by atoms with Gasteiger partial charge in [0.05, 0.1) is 58.3 Å². The number of aromatic nitrogens is 4. The number of likely N-dealkylation sites (N-methyl/N-ethyl adjacent to an activating group) is 2. The minimum atomic E-state index is 0.0974. The lowest BCUT2D eigenvalue weighted by atomic mass is 9.98. The van der Waals surface area contributed by atoms with Crippen molar-refractivity contribution in [3.8, 4) is 33.6 Å². The maximum Gasteiger partial charge on any atom is 0.220 e. The summed E-state index contributed by atoms with van der Waals surface area (Å²) in [6.07, 6.45) is 6.23. The van der Waals surface area contributed by atoms with Crippen molar-refractivity contribution < 1.29 is 9.59 Å². The first-order valence-corrected chi connectivity index (χ1v) is 18.0. The van der Waals surface area contributed by atoms with Gasteiger partial charge in [0.1, 0.15) is 11.6 Å². The minimum Gasteiger partial charge on any atom is -0.372 e. The van der Waals surface area contributed by atoms with E-state index < -0.39 is 0 Å². The number of rotatable bonds is 15. The zero-order chi connectivity index (χ0) is 36.8. The summed E-state index contributed by atoms with van der Waals surface area (Å²) in [5.41, 5.74) is 12.3. The van der Waals surface area contributed by atoms with Gasteiger partial charge in [0.15, 0.2) is 0 Å². The molecule has 2 atom stereocenters. The third kappa shape index (κ3) is 8.77. The summed E-state index contributed by atoms with van der Waals surface area (Å²) in [6.45, 7) is 2.27. The molecular formula is C36H44Cl2N12O2. The molecule has 2 aromatic carbocycles. The molecule has 2 aliphatic rings. The lowest BCUT2D eigenvalue weighted by Gasteiger charge is -2.22. The van der Waals surface area contributed by atoms with E-state index >= 15 is 0 Å². The second-order valence-corrected chi connectivity index (χ2v) is 13.7. The molecule has 4 aromatic rings. The van der Waals surface area contributed by atoms with E-state index in [1.54, 1.807) is 26.5 Å². The van der Waals surface area contributed by atoms with E-state index in [0.717, 1.165) is 35.4 Å². The van der Waals surface area contributed by atoms with E-state index in [1.165, 1.54) is 0 Å². The van der Waals surface area contributed by atoms with E-state index in [4.69, 9.17) is 43.1 Å². The fourth-order valence-corrected chi connectivity index (χ4v) is 7.11. The number of halogens is 2. The summed E-state index contributed by atoms with van der Waals surface area (Å²) in [5, 5.41) is 17.2. The molecule has 2 saturated heterocycles. The number of nitrogens with one attached hydrogen (secondary N) is 6. The quantitative estimate of drug-likeness (QED) is 0.0968. The molecule has 2 amide bonds. The number of hydrogen-bond acceptors (Lipinski definition) is 12. The molecule has 16 heteroatoms. The lowest BCUT2D eigenvalue weighted by molar-refractivity contribution is -0.120. The number of nitrogens with zero attached hydrogens (tertiary/aromatic N) is 6. The van der Waals surface area contributed by atoms with E-state index in [0.29, 0.717) is 83.2 Å². The van der Waals surface area contributed by atoms with Crippen LogP contribution >= 0.6 is 23.2 Å². The molecule has 2 aliphatic heterocycles. The van der Waals surface area contributed by atoms with Crippen LogP contribution in [0, 0.1) is 0 Å². The Hall–Kier alpha value is -4.44. The van der Waals surface area contributed by atoms with Crippen molar-refractivity contribution in [2.75, 3.05) is 51.9 Å². The smallest absolute Gasteiger partial charge is 0.220 e. The van der Waals surface area contributed by atoms with Crippen molar-refractivity contribution in [3.63, 3.8) is 0 Å². The van der Waals surface area contributed by atoms with Gasteiger partial charge in [-0.1, -0.05) is 59.6 Å². The predicted octanol–water partition coefficient (Wildman–Crippen LogP) is 4.09. The molecule has 6 N–H and O–H groups in total. The van der Waals surface area contributed by atoms with Crippen LogP contribution in [0.3, 0.4) is 0 Å². The summed E-state index contributed by atoms with van der Waals surface area (Å²) in [6, 6.07) is 11.8. The number of amides is 2. The third-order valence-electron chi connectivity index (χ3n) is 9.20. The molecule has 2 fully saturated rings. The van der Waals surface area contributed by atoms with E-state index in [-0.39, 0.29) is 23.9 Å². The molecule has 0 bridgehead atoms. The predicted molar refractivity (Wildman–Crippen MR) is 204 cm³/mol. The molecule has 2 aromatic heterocycles. The van der Waals surface area contributed by atoms with E-state index in [2.05, 4.69) is 32.1 Å². The van der Waals surface area contributed by atoms with Crippen LogP contribution in [-0.2, 0) is 22.7 Å². The van der Waals surface area contributed by atoms with Gasteiger partial charge in [-0.3, -0.25) is 19.6 Å². The standard InChI is InChI=1S/C36H44Cl2N12O2/c1-39-35-29(17-43-49(3)19-21-11-13-31(51)45-21)41-15-27(47-35)25-9-5-7-23(33(25)37)24-8-6-10-26(34(24)38)28-16-42-30(36(40-2)48-28)18-44-50(4)20-22-12-14-32(52)46-22/h5-10,15-16,21-22,43-44H,11-14,17-20H2,1-4H3,(H,39,47)(H,40,48)(H,45,51)(H,46,52)/t21-,22-/m0/s1. The van der Waals surface area contributed by atoms with Crippen LogP contribution in [0.2, 0.25) is 10.0 Å². The highest BCUT2D eigenvalue weighted by atomic mass is 35.5.